The van der Waals surface area contributed by atoms with Crippen molar-refractivity contribution in [2.75, 3.05) is 5.73 Å². The van der Waals surface area contributed by atoms with Gasteiger partial charge in [-0.2, -0.15) is 0 Å². The molecule has 0 spiro atoms. The van der Waals surface area contributed by atoms with Crippen molar-refractivity contribution >= 4 is 28.5 Å². The van der Waals surface area contributed by atoms with Crippen molar-refractivity contribution in [3.63, 3.8) is 0 Å². The normalized spacial score (nSPS) is 11.6. The van der Waals surface area contributed by atoms with Crippen LogP contribution in [0.5, 0.6) is 0 Å². The van der Waals surface area contributed by atoms with Gasteiger partial charge in [0.05, 0.1) is 0 Å². The Kier molecular flexibility index (Phi) is 3.63. The van der Waals surface area contributed by atoms with Crippen LogP contribution in [-0.4, -0.2) is 27.2 Å². The number of carbonyl (C=O) groups is 2. The Balaban J connectivity index is 2.44. The molecule has 1 aromatic carbocycles. The molecule has 6 nitrogen and oxygen atoms in total. The number of esters is 1. The predicted molar refractivity (Wildman–Crippen MR) is 79.2 cm³/mol. The van der Waals surface area contributed by atoms with Gasteiger partial charge in [0.25, 0.3) is 0 Å². The lowest BCUT2D eigenvalue weighted by Gasteiger charge is -2.20. The topological polar surface area (TPSA) is 94.5 Å². The number of benzene rings is 1. The molecule has 0 unspecified atom stereocenters. The minimum atomic E-state index is -1.10. The highest BCUT2D eigenvalue weighted by Crippen LogP contribution is 2.23. The highest BCUT2D eigenvalue weighted by molar-refractivity contribution is 5.96. The van der Waals surface area contributed by atoms with Crippen molar-refractivity contribution < 1.29 is 19.4 Å². The zero-order valence-electron chi connectivity index (χ0n) is 12.2. The lowest BCUT2D eigenvalue weighted by atomic mass is 10.2. The van der Waals surface area contributed by atoms with E-state index >= 15 is 0 Å². The molecule has 0 amide bonds. The lowest BCUT2D eigenvalue weighted by Crippen LogP contribution is -2.27. The van der Waals surface area contributed by atoms with E-state index in [4.69, 9.17) is 10.5 Å². The molecule has 0 radical (unpaired) electrons. The smallest absolute Gasteiger partial charge is 0.352 e. The van der Waals surface area contributed by atoms with Crippen LogP contribution in [0.4, 0.5) is 5.69 Å². The number of nitrogen functional groups attached to an aromatic ring is 1. The second kappa shape index (κ2) is 5.12. The lowest BCUT2D eigenvalue weighted by molar-refractivity contribution is -0.155. The van der Waals surface area contributed by atoms with Crippen molar-refractivity contribution in [2.24, 2.45) is 0 Å². The fourth-order valence-corrected chi connectivity index (χ4v) is 2.14. The zero-order chi connectivity index (χ0) is 15.8. The summed E-state index contributed by atoms with van der Waals surface area (Å²) in [5.74, 6) is -1.59. The number of anilines is 1. The third kappa shape index (κ3) is 3.34. The van der Waals surface area contributed by atoms with Gasteiger partial charge < -0.3 is 20.1 Å². The molecule has 1 heterocycles. The second-order valence-corrected chi connectivity index (χ2v) is 5.83. The van der Waals surface area contributed by atoms with Gasteiger partial charge in [-0.05, 0) is 45.0 Å². The van der Waals surface area contributed by atoms with Crippen LogP contribution < -0.4 is 5.73 Å². The van der Waals surface area contributed by atoms with E-state index in [-0.39, 0.29) is 12.2 Å². The molecule has 0 aliphatic rings. The number of nitrogens with zero attached hydrogens (tertiary/aromatic N) is 1. The van der Waals surface area contributed by atoms with E-state index in [1.165, 1.54) is 10.6 Å². The number of aromatic carboxylic acids is 1. The quantitative estimate of drug-likeness (QED) is 0.668. The number of nitrogens with two attached hydrogens (primary N) is 1. The Hall–Kier alpha value is -2.50. The SMILES string of the molecule is CC(C)(C)OC(=O)Cn1c(C(=O)O)cc2cc(N)ccc21. The van der Waals surface area contributed by atoms with Gasteiger partial charge in [-0.25, -0.2) is 4.79 Å². The molecule has 0 saturated carbocycles. The van der Waals surface area contributed by atoms with Crippen molar-refractivity contribution in [1.29, 1.82) is 0 Å². The predicted octanol–water partition coefficient (Wildman–Crippen LogP) is 2.26. The summed E-state index contributed by atoms with van der Waals surface area (Å²) < 4.78 is 6.66. The maximum Gasteiger partial charge on any atom is 0.352 e. The monoisotopic (exact) mass is 290 g/mol. The number of ether oxygens (including phenoxy) is 1. The van der Waals surface area contributed by atoms with Gasteiger partial charge in [0.2, 0.25) is 0 Å². The highest BCUT2D eigenvalue weighted by atomic mass is 16.6. The Morgan fingerprint density at radius 3 is 2.52 bits per heavy atom. The number of hydrogen-bond acceptors (Lipinski definition) is 4. The molecule has 0 aliphatic carbocycles. The van der Waals surface area contributed by atoms with Crippen LogP contribution in [0.25, 0.3) is 10.9 Å². The summed E-state index contributed by atoms with van der Waals surface area (Å²) in [5.41, 5.74) is 6.28. The first-order valence-electron chi connectivity index (χ1n) is 6.51. The van der Waals surface area contributed by atoms with Crippen LogP contribution in [0.3, 0.4) is 0 Å². The van der Waals surface area contributed by atoms with E-state index in [1.807, 2.05) is 0 Å². The molecule has 21 heavy (non-hydrogen) atoms. The van der Waals surface area contributed by atoms with E-state index in [2.05, 4.69) is 0 Å². The molecular formula is C15H18N2O4. The van der Waals surface area contributed by atoms with Gasteiger partial charge in [0, 0.05) is 16.6 Å². The summed E-state index contributed by atoms with van der Waals surface area (Å²) in [5, 5.41) is 9.95. The molecular weight excluding hydrogens is 272 g/mol. The molecule has 6 heteroatoms. The molecule has 2 rings (SSSR count). The van der Waals surface area contributed by atoms with Crippen molar-refractivity contribution in [1.82, 2.24) is 4.57 Å². The maximum atomic E-state index is 12.0. The van der Waals surface area contributed by atoms with Gasteiger partial charge >= 0.3 is 11.9 Å². The Bertz CT molecular complexity index is 710. The Labute approximate surface area is 122 Å². The number of rotatable bonds is 3. The third-order valence-electron chi connectivity index (χ3n) is 2.85. The maximum absolute atomic E-state index is 12.0. The van der Waals surface area contributed by atoms with Gasteiger partial charge in [0.1, 0.15) is 17.8 Å². The molecule has 0 saturated heterocycles. The van der Waals surface area contributed by atoms with Gasteiger partial charge in [-0.3, -0.25) is 4.79 Å². The third-order valence-corrected chi connectivity index (χ3v) is 2.85. The number of aromatic nitrogens is 1. The molecule has 0 fully saturated rings. The number of carboxylic acid groups (broad SMARTS) is 1. The van der Waals surface area contributed by atoms with Crippen LogP contribution in [0, 0.1) is 0 Å². The van der Waals surface area contributed by atoms with E-state index in [9.17, 15) is 14.7 Å². The first-order chi connectivity index (χ1) is 9.67. The highest BCUT2D eigenvalue weighted by Gasteiger charge is 2.21. The first-order valence-corrected chi connectivity index (χ1v) is 6.51. The molecule has 1 aromatic heterocycles. The first kappa shape index (κ1) is 14.9. The summed E-state index contributed by atoms with van der Waals surface area (Å²) in [6.45, 7) is 5.12. The minimum Gasteiger partial charge on any atom is -0.477 e. The molecule has 112 valence electrons. The molecule has 0 aliphatic heterocycles. The van der Waals surface area contributed by atoms with Crippen LogP contribution >= 0.6 is 0 Å². The van der Waals surface area contributed by atoms with Crippen LogP contribution in [0.2, 0.25) is 0 Å². The fraction of sp³-hybridized carbons (Fsp3) is 0.333. The number of fused-ring (bicyclic) bond motifs is 1. The molecule has 2 aromatic rings. The van der Waals surface area contributed by atoms with E-state index in [1.54, 1.807) is 39.0 Å². The van der Waals surface area contributed by atoms with Crippen molar-refractivity contribution in [3.8, 4) is 0 Å². The van der Waals surface area contributed by atoms with Crippen LogP contribution in [0.15, 0.2) is 24.3 Å². The van der Waals surface area contributed by atoms with Crippen LogP contribution in [-0.2, 0) is 16.1 Å². The molecule has 0 bridgehead atoms. The van der Waals surface area contributed by atoms with E-state index in [0.29, 0.717) is 16.6 Å². The van der Waals surface area contributed by atoms with E-state index in [0.717, 1.165) is 0 Å². The zero-order valence-corrected chi connectivity index (χ0v) is 12.2. The molecule has 0 atom stereocenters. The van der Waals surface area contributed by atoms with Crippen LogP contribution in [0.1, 0.15) is 31.3 Å². The summed E-state index contributed by atoms with van der Waals surface area (Å²) in [7, 11) is 0. The second-order valence-electron chi connectivity index (χ2n) is 5.83. The summed E-state index contributed by atoms with van der Waals surface area (Å²) >= 11 is 0. The Morgan fingerprint density at radius 2 is 1.95 bits per heavy atom. The standard InChI is InChI=1S/C15H18N2O4/c1-15(2,3)21-13(18)8-17-11-5-4-10(16)6-9(11)7-12(17)14(19)20/h4-7H,8,16H2,1-3H3,(H,19,20). The van der Waals surface area contributed by atoms with Gasteiger partial charge in [-0.15, -0.1) is 0 Å². The number of carboxylic acids is 1. The van der Waals surface area contributed by atoms with Gasteiger partial charge in [0.15, 0.2) is 0 Å². The van der Waals surface area contributed by atoms with Crippen molar-refractivity contribution in [3.05, 3.63) is 30.0 Å². The fourth-order valence-electron chi connectivity index (χ4n) is 2.14. The largest absolute Gasteiger partial charge is 0.477 e. The summed E-state index contributed by atoms with van der Waals surface area (Å²) in [6, 6.07) is 6.53. The average molecular weight is 290 g/mol. The van der Waals surface area contributed by atoms with Crippen molar-refractivity contribution in [2.45, 2.75) is 32.9 Å². The summed E-state index contributed by atoms with van der Waals surface area (Å²) in [4.78, 5) is 23.3. The molecule has 3 N–H and O–H groups in total. The number of hydrogen-bond donors (Lipinski definition) is 2. The Morgan fingerprint density at radius 1 is 1.29 bits per heavy atom. The van der Waals surface area contributed by atoms with E-state index < -0.39 is 17.5 Å². The van der Waals surface area contributed by atoms with Gasteiger partial charge in [-0.1, -0.05) is 0 Å². The average Bonchev–Trinajstić information content (AvgIpc) is 2.64. The minimum absolute atomic E-state index is 0.0291. The number of carbonyl (C=O) groups excluding carboxylic acids is 1. The summed E-state index contributed by atoms with van der Waals surface area (Å²) in [6.07, 6.45) is 0.